The Morgan fingerprint density at radius 3 is 2.29 bits per heavy atom. The number of benzene rings is 2. The van der Waals surface area contributed by atoms with Crippen LogP contribution in [0.4, 0.5) is 0 Å². The van der Waals surface area contributed by atoms with E-state index < -0.39 is 0 Å². The zero-order chi connectivity index (χ0) is 15.4. The lowest BCUT2D eigenvalue weighted by Gasteiger charge is -2.32. The number of hydrogen-bond donors (Lipinski definition) is 1. The first kappa shape index (κ1) is 15.8. The van der Waals surface area contributed by atoms with Gasteiger partial charge in [0.2, 0.25) is 0 Å². The molecule has 3 heteroatoms. The standard InChI is InChI=1S/C18H25NO2/c1-13(2)18(19(3)9-10-20)16-11-14-7-5-6-8-15(14)12-17(16)21-4/h5-8,11-13,18,20H,9-10H2,1-4H3. The molecule has 0 aliphatic rings. The molecule has 2 aromatic carbocycles. The Hall–Kier alpha value is -1.58. The van der Waals surface area contributed by atoms with E-state index in [4.69, 9.17) is 4.74 Å². The van der Waals surface area contributed by atoms with Crippen molar-refractivity contribution in [3.8, 4) is 5.75 Å². The molecule has 0 aliphatic carbocycles. The minimum atomic E-state index is 0.162. The lowest BCUT2D eigenvalue weighted by Crippen LogP contribution is -2.31. The van der Waals surface area contributed by atoms with Gasteiger partial charge in [0.15, 0.2) is 0 Å². The molecule has 2 aromatic rings. The van der Waals surface area contributed by atoms with Crippen molar-refractivity contribution in [2.75, 3.05) is 27.3 Å². The molecule has 3 nitrogen and oxygen atoms in total. The Morgan fingerprint density at radius 2 is 1.76 bits per heavy atom. The van der Waals surface area contributed by atoms with Gasteiger partial charge in [0.1, 0.15) is 5.75 Å². The molecule has 114 valence electrons. The monoisotopic (exact) mass is 287 g/mol. The molecule has 0 bridgehead atoms. The molecule has 21 heavy (non-hydrogen) atoms. The fourth-order valence-corrected chi connectivity index (χ4v) is 3.05. The largest absolute Gasteiger partial charge is 0.496 e. The van der Waals surface area contributed by atoms with Crippen LogP contribution in [0.1, 0.15) is 25.5 Å². The molecule has 0 heterocycles. The van der Waals surface area contributed by atoms with E-state index >= 15 is 0 Å². The molecule has 0 saturated heterocycles. The van der Waals surface area contributed by atoms with E-state index in [1.54, 1.807) is 7.11 Å². The van der Waals surface area contributed by atoms with Crippen molar-refractivity contribution in [1.29, 1.82) is 0 Å². The fraction of sp³-hybridized carbons (Fsp3) is 0.444. The Labute approximate surface area is 127 Å². The highest BCUT2D eigenvalue weighted by Gasteiger charge is 2.24. The second-order valence-electron chi connectivity index (χ2n) is 5.83. The van der Waals surface area contributed by atoms with E-state index in [-0.39, 0.29) is 12.6 Å². The molecule has 2 rings (SSSR count). The van der Waals surface area contributed by atoms with Crippen LogP contribution in [-0.4, -0.2) is 37.3 Å². The first-order valence-corrected chi connectivity index (χ1v) is 7.46. The molecule has 0 fully saturated rings. The molecular formula is C18H25NO2. The molecule has 0 amide bonds. The van der Waals surface area contributed by atoms with Crippen LogP contribution in [0.5, 0.6) is 5.75 Å². The second-order valence-corrected chi connectivity index (χ2v) is 5.83. The van der Waals surface area contributed by atoms with E-state index in [0.29, 0.717) is 12.5 Å². The third-order valence-electron chi connectivity index (χ3n) is 3.98. The maximum Gasteiger partial charge on any atom is 0.124 e. The lowest BCUT2D eigenvalue weighted by molar-refractivity contribution is 0.149. The zero-order valence-corrected chi connectivity index (χ0v) is 13.3. The van der Waals surface area contributed by atoms with Crippen molar-refractivity contribution in [2.45, 2.75) is 19.9 Å². The van der Waals surface area contributed by atoms with Crippen molar-refractivity contribution in [3.05, 3.63) is 42.0 Å². The quantitative estimate of drug-likeness (QED) is 0.883. The number of methoxy groups -OCH3 is 1. The lowest BCUT2D eigenvalue weighted by atomic mass is 9.92. The van der Waals surface area contributed by atoms with Gasteiger partial charge in [0.05, 0.1) is 13.7 Å². The zero-order valence-electron chi connectivity index (χ0n) is 13.3. The smallest absolute Gasteiger partial charge is 0.124 e. The van der Waals surface area contributed by atoms with Crippen LogP contribution in [0.2, 0.25) is 0 Å². The average Bonchev–Trinajstić information content (AvgIpc) is 2.46. The van der Waals surface area contributed by atoms with Crippen LogP contribution in [0.3, 0.4) is 0 Å². The van der Waals surface area contributed by atoms with Crippen molar-refractivity contribution >= 4 is 10.8 Å². The normalized spacial score (nSPS) is 13.1. The second kappa shape index (κ2) is 6.92. The summed E-state index contributed by atoms with van der Waals surface area (Å²) in [5.74, 6) is 1.34. The minimum Gasteiger partial charge on any atom is -0.496 e. The van der Waals surface area contributed by atoms with Gasteiger partial charge in [-0.25, -0.2) is 0 Å². The molecule has 0 radical (unpaired) electrons. The average molecular weight is 287 g/mol. The molecule has 0 aromatic heterocycles. The van der Waals surface area contributed by atoms with Crippen molar-refractivity contribution < 1.29 is 9.84 Å². The van der Waals surface area contributed by atoms with Gasteiger partial charge in [-0.05, 0) is 35.9 Å². The number of aliphatic hydroxyl groups excluding tert-OH is 1. The number of likely N-dealkylation sites (N-methyl/N-ethyl adjacent to an activating group) is 1. The van der Waals surface area contributed by atoms with Crippen LogP contribution in [-0.2, 0) is 0 Å². The number of aliphatic hydroxyl groups is 1. The number of fused-ring (bicyclic) bond motifs is 1. The van der Waals surface area contributed by atoms with Crippen molar-refractivity contribution in [2.24, 2.45) is 5.92 Å². The Kier molecular flexibility index (Phi) is 5.21. The number of nitrogens with zero attached hydrogens (tertiary/aromatic N) is 1. The maximum absolute atomic E-state index is 9.24. The van der Waals surface area contributed by atoms with Crippen molar-refractivity contribution in [3.63, 3.8) is 0 Å². The number of hydrogen-bond acceptors (Lipinski definition) is 3. The van der Waals surface area contributed by atoms with Crippen LogP contribution < -0.4 is 4.74 Å². The van der Waals surface area contributed by atoms with Crippen LogP contribution in [0.25, 0.3) is 10.8 Å². The first-order chi connectivity index (χ1) is 10.1. The van der Waals surface area contributed by atoms with E-state index in [1.807, 2.05) is 6.07 Å². The fourth-order valence-electron chi connectivity index (χ4n) is 3.05. The molecule has 1 atom stereocenters. The summed E-state index contributed by atoms with van der Waals surface area (Å²) in [6.45, 7) is 5.22. The van der Waals surface area contributed by atoms with E-state index in [2.05, 4.69) is 56.1 Å². The van der Waals surface area contributed by atoms with Crippen LogP contribution >= 0.6 is 0 Å². The first-order valence-electron chi connectivity index (χ1n) is 7.46. The van der Waals surface area contributed by atoms with Crippen LogP contribution in [0, 0.1) is 5.92 Å². The third-order valence-corrected chi connectivity index (χ3v) is 3.98. The molecule has 1 N–H and O–H groups in total. The van der Waals surface area contributed by atoms with E-state index in [1.165, 1.54) is 16.3 Å². The highest BCUT2D eigenvalue weighted by Crippen LogP contribution is 2.36. The van der Waals surface area contributed by atoms with Gasteiger partial charge in [-0.15, -0.1) is 0 Å². The summed E-state index contributed by atoms with van der Waals surface area (Å²) >= 11 is 0. The third kappa shape index (κ3) is 3.36. The van der Waals surface area contributed by atoms with Gasteiger partial charge < -0.3 is 9.84 Å². The molecule has 0 saturated carbocycles. The Morgan fingerprint density at radius 1 is 1.14 bits per heavy atom. The number of rotatable bonds is 6. The summed E-state index contributed by atoms with van der Waals surface area (Å²) in [5, 5.41) is 11.6. The van der Waals surface area contributed by atoms with Gasteiger partial charge in [0, 0.05) is 18.2 Å². The predicted molar refractivity (Wildman–Crippen MR) is 87.8 cm³/mol. The van der Waals surface area contributed by atoms with Gasteiger partial charge >= 0.3 is 0 Å². The Balaban J connectivity index is 2.54. The Bertz CT molecular complexity index is 595. The van der Waals surface area contributed by atoms with Gasteiger partial charge in [-0.2, -0.15) is 0 Å². The highest BCUT2D eigenvalue weighted by atomic mass is 16.5. The summed E-state index contributed by atoms with van der Waals surface area (Å²) in [6.07, 6.45) is 0. The number of ether oxygens (including phenoxy) is 1. The van der Waals surface area contributed by atoms with E-state index in [9.17, 15) is 5.11 Å². The molecule has 1 unspecified atom stereocenters. The topological polar surface area (TPSA) is 32.7 Å². The highest BCUT2D eigenvalue weighted by molar-refractivity contribution is 5.85. The summed E-state index contributed by atoms with van der Waals surface area (Å²) in [4.78, 5) is 2.19. The minimum absolute atomic E-state index is 0.162. The van der Waals surface area contributed by atoms with Crippen LogP contribution in [0.15, 0.2) is 36.4 Å². The SMILES string of the molecule is COc1cc2ccccc2cc1C(C(C)C)N(C)CCO. The predicted octanol–water partition coefficient (Wildman–Crippen LogP) is 3.47. The van der Waals surface area contributed by atoms with Crippen molar-refractivity contribution in [1.82, 2.24) is 4.90 Å². The summed E-state index contributed by atoms with van der Waals surface area (Å²) < 4.78 is 5.62. The molecule has 0 spiro atoms. The molecule has 0 aliphatic heterocycles. The summed E-state index contributed by atoms with van der Waals surface area (Å²) in [6, 6.07) is 12.9. The van der Waals surface area contributed by atoms with Gasteiger partial charge in [-0.3, -0.25) is 4.90 Å². The molecular weight excluding hydrogens is 262 g/mol. The maximum atomic E-state index is 9.24. The van der Waals surface area contributed by atoms with Gasteiger partial charge in [0.25, 0.3) is 0 Å². The summed E-state index contributed by atoms with van der Waals surface area (Å²) in [7, 11) is 3.77. The van der Waals surface area contributed by atoms with Gasteiger partial charge in [-0.1, -0.05) is 38.1 Å². The summed E-state index contributed by atoms with van der Waals surface area (Å²) in [5.41, 5.74) is 1.18. The van der Waals surface area contributed by atoms with E-state index in [0.717, 1.165) is 5.75 Å².